The van der Waals surface area contributed by atoms with Gasteiger partial charge in [0.2, 0.25) is 0 Å². The lowest BCUT2D eigenvalue weighted by atomic mass is 10.0. The summed E-state index contributed by atoms with van der Waals surface area (Å²) in [6, 6.07) is 1.41. The summed E-state index contributed by atoms with van der Waals surface area (Å²) in [5, 5.41) is 12.2. The highest BCUT2D eigenvalue weighted by Gasteiger charge is 2.34. The fraction of sp³-hybridized carbons (Fsp3) is 0.500. The third-order valence-electron chi connectivity index (χ3n) is 3.18. The Morgan fingerprint density at radius 2 is 2.53 bits per heavy atom. The summed E-state index contributed by atoms with van der Waals surface area (Å²) in [5.41, 5.74) is -0.363. The number of anilines is 1. The van der Waals surface area contributed by atoms with Gasteiger partial charge >= 0.3 is 5.97 Å². The number of carboxylic acid groups (broad SMARTS) is 1. The van der Waals surface area contributed by atoms with Crippen molar-refractivity contribution in [2.75, 3.05) is 32.2 Å². The first kappa shape index (κ1) is 14.0. The third kappa shape index (κ3) is 3.15. The predicted molar refractivity (Wildman–Crippen MR) is 69.9 cm³/mol. The van der Waals surface area contributed by atoms with Gasteiger partial charge in [-0.05, 0) is 6.07 Å². The van der Waals surface area contributed by atoms with Gasteiger partial charge in [-0.25, -0.2) is 9.78 Å². The maximum atomic E-state index is 11.0. The van der Waals surface area contributed by atoms with Crippen LogP contribution in [-0.4, -0.2) is 48.5 Å². The maximum Gasteiger partial charge on any atom is 0.337 e. The number of ether oxygens (including phenoxy) is 2. The van der Waals surface area contributed by atoms with Crippen LogP contribution in [0.5, 0.6) is 0 Å². The number of aromatic nitrogens is 1. The molecule has 6 nitrogen and oxygen atoms in total. The van der Waals surface area contributed by atoms with Crippen LogP contribution in [-0.2, 0) is 9.47 Å². The van der Waals surface area contributed by atoms with Gasteiger partial charge in [0.1, 0.15) is 11.4 Å². The summed E-state index contributed by atoms with van der Waals surface area (Å²) in [7, 11) is 1.63. The summed E-state index contributed by atoms with van der Waals surface area (Å²) in [6.07, 6.45) is 2.11. The molecule has 2 rings (SSSR count). The van der Waals surface area contributed by atoms with Crippen LogP contribution in [0.2, 0.25) is 5.02 Å². The quantitative estimate of drug-likeness (QED) is 0.857. The zero-order valence-corrected chi connectivity index (χ0v) is 11.2. The molecule has 0 saturated carbocycles. The van der Waals surface area contributed by atoms with Crippen molar-refractivity contribution in [3.05, 3.63) is 22.8 Å². The van der Waals surface area contributed by atoms with Crippen LogP contribution >= 0.6 is 11.6 Å². The molecule has 1 atom stereocenters. The van der Waals surface area contributed by atoms with Crippen molar-refractivity contribution >= 4 is 23.4 Å². The molecule has 0 aliphatic carbocycles. The van der Waals surface area contributed by atoms with Crippen molar-refractivity contribution in [3.63, 3.8) is 0 Å². The number of hydrogen-bond donors (Lipinski definition) is 2. The Kier molecular flexibility index (Phi) is 4.24. The van der Waals surface area contributed by atoms with Crippen LogP contribution in [0.4, 0.5) is 5.82 Å². The number of carboxylic acids is 1. The van der Waals surface area contributed by atoms with Crippen molar-refractivity contribution in [1.29, 1.82) is 0 Å². The summed E-state index contributed by atoms with van der Waals surface area (Å²) in [5.74, 6) is -0.633. The minimum Gasteiger partial charge on any atom is -0.478 e. The Morgan fingerprint density at radius 1 is 1.74 bits per heavy atom. The molecule has 0 radical (unpaired) electrons. The molecule has 19 heavy (non-hydrogen) atoms. The first-order valence-corrected chi connectivity index (χ1v) is 6.20. The highest BCUT2D eigenvalue weighted by Crippen LogP contribution is 2.24. The number of halogens is 1. The van der Waals surface area contributed by atoms with Crippen molar-refractivity contribution in [2.24, 2.45) is 0 Å². The molecule has 7 heteroatoms. The van der Waals surface area contributed by atoms with Crippen LogP contribution in [0.25, 0.3) is 0 Å². The first-order valence-electron chi connectivity index (χ1n) is 5.82. The Balaban J connectivity index is 2.07. The van der Waals surface area contributed by atoms with Crippen LogP contribution < -0.4 is 5.32 Å². The Hall–Kier alpha value is -1.37. The van der Waals surface area contributed by atoms with Crippen molar-refractivity contribution < 1.29 is 19.4 Å². The smallest absolute Gasteiger partial charge is 0.337 e. The number of hydrogen-bond acceptors (Lipinski definition) is 5. The number of rotatable bonds is 5. The molecule has 1 aliphatic heterocycles. The number of nitrogens with zero attached hydrogens (tertiary/aromatic N) is 1. The number of aromatic carboxylic acids is 1. The molecule has 0 aromatic carbocycles. The normalized spacial score (nSPS) is 22.4. The van der Waals surface area contributed by atoms with Crippen LogP contribution in [0.15, 0.2) is 12.3 Å². The zero-order chi connectivity index (χ0) is 13.9. The van der Waals surface area contributed by atoms with Gasteiger partial charge in [-0.15, -0.1) is 0 Å². The monoisotopic (exact) mass is 286 g/mol. The highest BCUT2D eigenvalue weighted by atomic mass is 35.5. The SMILES string of the molecule is COC1(CNc2cc(C(=O)O)c(Cl)cn2)CCOC1. The lowest BCUT2D eigenvalue weighted by Gasteiger charge is -2.26. The van der Waals surface area contributed by atoms with Gasteiger partial charge in [-0.3, -0.25) is 0 Å². The van der Waals surface area contributed by atoms with Crippen LogP contribution in [0.1, 0.15) is 16.8 Å². The van der Waals surface area contributed by atoms with Gasteiger partial charge in [0.15, 0.2) is 0 Å². The summed E-state index contributed by atoms with van der Waals surface area (Å²) in [6.45, 7) is 1.66. The maximum absolute atomic E-state index is 11.0. The van der Waals surface area contributed by atoms with Crippen LogP contribution in [0.3, 0.4) is 0 Å². The molecule has 1 aromatic heterocycles. The van der Waals surface area contributed by atoms with Gasteiger partial charge in [-0.1, -0.05) is 11.6 Å². The molecule has 0 bridgehead atoms. The average Bonchev–Trinajstić information content (AvgIpc) is 2.87. The van der Waals surface area contributed by atoms with E-state index >= 15 is 0 Å². The number of carbonyl (C=O) groups is 1. The van der Waals surface area contributed by atoms with Gasteiger partial charge in [-0.2, -0.15) is 0 Å². The van der Waals surface area contributed by atoms with Gasteiger partial charge < -0.3 is 19.9 Å². The van der Waals surface area contributed by atoms with E-state index in [1.807, 2.05) is 0 Å². The largest absolute Gasteiger partial charge is 0.478 e. The molecule has 1 aliphatic rings. The van der Waals surface area contributed by atoms with Crippen LogP contribution in [0, 0.1) is 0 Å². The molecular weight excluding hydrogens is 272 g/mol. The predicted octanol–water partition coefficient (Wildman–Crippen LogP) is 1.65. The first-order chi connectivity index (χ1) is 9.06. The topological polar surface area (TPSA) is 80.7 Å². The van der Waals surface area contributed by atoms with E-state index in [-0.39, 0.29) is 16.2 Å². The molecule has 2 N–H and O–H groups in total. The van der Waals surface area contributed by atoms with E-state index in [1.165, 1.54) is 12.3 Å². The van der Waals surface area contributed by atoms with E-state index in [2.05, 4.69) is 10.3 Å². The fourth-order valence-electron chi connectivity index (χ4n) is 1.91. The van der Waals surface area contributed by atoms with E-state index in [9.17, 15) is 4.79 Å². The summed E-state index contributed by atoms with van der Waals surface area (Å²) < 4.78 is 10.8. The molecule has 1 unspecified atom stereocenters. The number of pyridine rings is 1. The van der Waals surface area contributed by atoms with Crippen molar-refractivity contribution in [1.82, 2.24) is 4.98 Å². The summed E-state index contributed by atoms with van der Waals surface area (Å²) >= 11 is 5.76. The van der Waals surface area contributed by atoms with E-state index in [0.29, 0.717) is 25.6 Å². The second-order valence-corrected chi connectivity index (χ2v) is 4.81. The molecule has 1 saturated heterocycles. The standard InChI is InChI=1S/C12H15ClN2O4/c1-18-12(2-3-19-7-12)6-15-10-4-8(11(16)17)9(13)5-14-10/h4-5H,2-3,6-7H2,1H3,(H,14,15)(H,16,17). The average molecular weight is 287 g/mol. The molecule has 1 aromatic rings. The lowest BCUT2D eigenvalue weighted by molar-refractivity contribution is -0.00625. The minimum absolute atomic E-state index is 0.0216. The number of nitrogens with one attached hydrogen (secondary N) is 1. The number of methoxy groups -OCH3 is 1. The van der Waals surface area contributed by atoms with E-state index < -0.39 is 5.97 Å². The van der Waals surface area contributed by atoms with Gasteiger partial charge in [0.25, 0.3) is 0 Å². The van der Waals surface area contributed by atoms with Crippen molar-refractivity contribution in [3.8, 4) is 0 Å². The fourth-order valence-corrected chi connectivity index (χ4v) is 2.10. The molecular formula is C12H15ClN2O4. The molecule has 0 amide bonds. The Bertz CT molecular complexity index is 475. The second-order valence-electron chi connectivity index (χ2n) is 4.40. The third-order valence-corrected chi connectivity index (χ3v) is 3.48. The molecule has 1 fully saturated rings. The Morgan fingerprint density at radius 3 is 3.11 bits per heavy atom. The van der Waals surface area contributed by atoms with Gasteiger partial charge in [0, 0.05) is 32.9 Å². The van der Waals surface area contributed by atoms with Gasteiger partial charge in [0.05, 0.1) is 17.2 Å². The highest BCUT2D eigenvalue weighted by molar-refractivity contribution is 6.33. The Labute approximate surface area is 115 Å². The van der Waals surface area contributed by atoms with E-state index in [4.69, 9.17) is 26.2 Å². The second kappa shape index (κ2) is 5.73. The lowest BCUT2D eigenvalue weighted by Crippen LogP contribution is -2.39. The van der Waals surface area contributed by atoms with E-state index in [0.717, 1.165) is 6.42 Å². The minimum atomic E-state index is -1.08. The summed E-state index contributed by atoms with van der Waals surface area (Å²) in [4.78, 5) is 15.0. The van der Waals surface area contributed by atoms with E-state index in [1.54, 1.807) is 7.11 Å². The molecule has 2 heterocycles. The zero-order valence-electron chi connectivity index (χ0n) is 10.5. The molecule has 0 spiro atoms. The molecule has 104 valence electrons. The van der Waals surface area contributed by atoms with Crippen molar-refractivity contribution in [2.45, 2.75) is 12.0 Å².